The van der Waals surface area contributed by atoms with Gasteiger partial charge < -0.3 is 4.79 Å². The van der Waals surface area contributed by atoms with Crippen LogP contribution in [-0.4, -0.2) is 15.6 Å². The molecular formula is C12H18N2O3. The SMILES string of the molecule is CC(=O)CCCCn1[nH]c(=O)c(C)c(C)c1=O. The van der Waals surface area contributed by atoms with Gasteiger partial charge in [-0.3, -0.25) is 19.4 Å². The molecule has 0 spiro atoms. The number of aromatic nitrogens is 2. The van der Waals surface area contributed by atoms with Crippen molar-refractivity contribution in [3.63, 3.8) is 0 Å². The van der Waals surface area contributed by atoms with Crippen LogP contribution in [0.15, 0.2) is 9.59 Å². The number of unbranched alkanes of at least 4 members (excludes halogenated alkanes) is 1. The smallest absolute Gasteiger partial charge is 0.268 e. The number of H-pyrrole nitrogens is 1. The Bertz CT molecular complexity index is 526. The molecule has 1 aromatic heterocycles. The second-order valence-electron chi connectivity index (χ2n) is 4.31. The zero-order valence-electron chi connectivity index (χ0n) is 10.5. The van der Waals surface area contributed by atoms with E-state index in [0.29, 0.717) is 30.5 Å². The lowest BCUT2D eigenvalue weighted by atomic mass is 10.2. The lowest BCUT2D eigenvalue weighted by molar-refractivity contribution is -0.117. The highest BCUT2D eigenvalue weighted by Crippen LogP contribution is 1.98. The van der Waals surface area contributed by atoms with Gasteiger partial charge in [0.15, 0.2) is 0 Å². The summed E-state index contributed by atoms with van der Waals surface area (Å²) < 4.78 is 1.32. The molecule has 94 valence electrons. The lowest BCUT2D eigenvalue weighted by Gasteiger charge is -2.07. The van der Waals surface area contributed by atoms with Crippen LogP contribution in [0.2, 0.25) is 0 Å². The van der Waals surface area contributed by atoms with Gasteiger partial charge >= 0.3 is 0 Å². The Balaban J connectivity index is 2.76. The third-order valence-electron chi connectivity index (χ3n) is 2.87. The molecule has 5 nitrogen and oxygen atoms in total. The molecule has 0 saturated carbocycles. The van der Waals surface area contributed by atoms with E-state index in [9.17, 15) is 14.4 Å². The Kier molecular flexibility index (Phi) is 4.43. The van der Waals surface area contributed by atoms with E-state index in [1.54, 1.807) is 20.8 Å². The third kappa shape index (κ3) is 3.41. The van der Waals surface area contributed by atoms with Crippen molar-refractivity contribution in [1.82, 2.24) is 9.78 Å². The van der Waals surface area contributed by atoms with Gasteiger partial charge in [-0.1, -0.05) is 0 Å². The molecular weight excluding hydrogens is 220 g/mol. The van der Waals surface area contributed by atoms with E-state index >= 15 is 0 Å². The number of hydrogen-bond acceptors (Lipinski definition) is 3. The minimum Gasteiger partial charge on any atom is -0.300 e. The van der Waals surface area contributed by atoms with E-state index in [2.05, 4.69) is 5.10 Å². The summed E-state index contributed by atoms with van der Waals surface area (Å²) in [4.78, 5) is 34.0. The monoisotopic (exact) mass is 238 g/mol. The molecule has 0 amide bonds. The van der Waals surface area contributed by atoms with Crippen molar-refractivity contribution < 1.29 is 4.79 Å². The largest absolute Gasteiger partial charge is 0.300 e. The predicted molar refractivity (Wildman–Crippen MR) is 65.3 cm³/mol. The van der Waals surface area contributed by atoms with Crippen molar-refractivity contribution in [2.45, 2.75) is 46.6 Å². The predicted octanol–water partition coefficient (Wildman–Crippen LogP) is 0.913. The fourth-order valence-electron chi connectivity index (χ4n) is 1.59. The molecule has 1 aromatic rings. The van der Waals surface area contributed by atoms with Gasteiger partial charge in [0.25, 0.3) is 11.1 Å². The minimum absolute atomic E-state index is 0.144. The third-order valence-corrected chi connectivity index (χ3v) is 2.87. The molecule has 1 N–H and O–H groups in total. The number of nitrogens with one attached hydrogen (secondary N) is 1. The number of Topliss-reactive ketones (excluding diaryl/α,β-unsaturated/α-hetero) is 1. The Hall–Kier alpha value is -1.65. The van der Waals surface area contributed by atoms with E-state index in [1.165, 1.54) is 4.68 Å². The van der Waals surface area contributed by atoms with Crippen LogP contribution in [0.25, 0.3) is 0 Å². The molecule has 5 heteroatoms. The summed E-state index contributed by atoms with van der Waals surface area (Å²) >= 11 is 0. The Morgan fingerprint density at radius 2 is 1.82 bits per heavy atom. The van der Waals surface area contributed by atoms with Crippen LogP contribution >= 0.6 is 0 Å². The van der Waals surface area contributed by atoms with Gasteiger partial charge in [0.1, 0.15) is 5.78 Å². The summed E-state index contributed by atoms with van der Waals surface area (Å²) in [6, 6.07) is 0. The van der Waals surface area contributed by atoms with Crippen molar-refractivity contribution in [2.75, 3.05) is 0 Å². The molecule has 0 radical (unpaired) electrons. The second kappa shape index (κ2) is 5.61. The first kappa shape index (κ1) is 13.4. The van der Waals surface area contributed by atoms with Crippen LogP contribution in [0.3, 0.4) is 0 Å². The van der Waals surface area contributed by atoms with Crippen molar-refractivity contribution in [3.8, 4) is 0 Å². The van der Waals surface area contributed by atoms with E-state index in [0.717, 1.165) is 6.42 Å². The number of ketones is 1. The van der Waals surface area contributed by atoms with Gasteiger partial charge in [-0.05, 0) is 33.6 Å². The molecule has 0 aliphatic carbocycles. The maximum Gasteiger partial charge on any atom is 0.268 e. The van der Waals surface area contributed by atoms with Crippen LogP contribution in [0, 0.1) is 13.8 Å². The highest BCUT2D eigenvalue weighted by atomic mass is 16.2. The number of hydrogen-bond donors (Lipinski definition) is 1. The lowest BCUT2D eigenvalue weighted by Crippen LogP contribution is -2.33. The van der Waals surface area contributed by atoms with Gasteiger partial charge in [-0.2, -0.15) is 0 Å². The molecule has 0 saturated heterocycles. The van der Waals surface area contributed by atoms with Crippen LogP contribution < -0.4 is 11.1 Å². The minimum atomic E-state index is -0.228. The zero-order chi connectivity index (χ0) is 13.0. The van der Waals surface area contributed by atoms with Gasteiger partial charge in [-0.15, -0.1) is 0 Å². The Labute approximate surface area is 99.5 Å². The highest BCUT2D eigenvalue weighted by molar-refractivity contribution is 5.75. The Morgan fingerprint density at radius 3 is 2.41 bits per heavy atom. The number of rotatable bonds is 5. The van der Waals surface area contributed by atoms with Gasteiger partial charge in [0.2, 0.25) is 0 Å². The summed E-state index contributed by atoms with van der Waals surface area (Å²) in [6.07, 6.45) is 1.96. The highest BCUT2D eigenvalue weighted by Gasteiger charge is 2.06. The van der Waals surface area contributed by atoms with E-state index in [1.807, 2.05) is 0 Å². The van der Waals surface area contributed by atoms with E-state index in [4.69, 9.17) is 0 Å². The number of nitrogens with zero attached hydrogens (tertiary/aromatic N) is 1. The zero-order valence-corrected chi connectivity index (χ0v) is 10.5. The topological polar surface area (TPSA) is 71.9 Å². The quantitative estimate of drug-likeness (QED) is 0.775. The normalized spacial score (nSPS) is 10.5. The molecule has 0 aromatic carbocycles. The van der Waals surface area contributed by atoms with Crippen LogP contribution in [-0.2, 0) is 11.3 Å². The molecule has 17 heavy (non-hydrogen) atoms. The molecule has 0 unspecified atom stereocenters. The summed E-state index contributed by atoms with van der Waals surface area (Å²) in [7, 11) is 0. The molecule has 0 bridgehead atoms. The van der Waals surface area contributed by atoms with Gasteiger partial charge in [0.05, 0.1) is 0 Å². The Morgan fingerprint density at radius 1 is 1.18 bits per heavy atom. The van der Waals surface area contributed by atoms with Crippen molar-refractivity contribution in [3.05, 3.63) is 31.8 Å². The molecule has 0 aliphatic heterocycles. The molecule has 1 rings (SSSR count). The average Bonchev–Trinajstić information content (AvgIpc) is 2.27. The summed E-state index contributed by atoms with van der Waals surface area (Å²) in [5.41, 5.74) is 0.564. The maximum atomic E-state index is 11.8. The molecule has 0 aliphatic rings. The maximum absolute atomic E-state index is 11.8. The number of carbonyl (C=O) groups is 1. The fraction of sp³-hybridized carbons (Fsp3) is 0.583. The molecule has 1 heterocycles. The van der Waals surface area contributed by atoms with Crippen molar-refractivity contribution in [2.24, 2.45) is 0 Å². The number of aryl methyl sites for hydroxylation is 1. The van der Waals surface area contributed by atoms with E-state index < -0.39 is 0 Å². The van der Waals surface area contributed by atoms with Gasteiger partial charge in [-0.25, -0.2) is 0 Å². The second-order valence-corrected chi connectivity index (χ2v) is 4.31. The summed E-state index contributed by atoms with van der Waals surface area (Å²) in [6.45, 7) is 5.28. The van der Waals surface area contributed by atoms with Gasteiger partial charge in [0, 0.05) is 24.1 Å². The molecule has 0 fully saturated rings. The summed E-state index contributed by atoms with van der Waals surface area (Å²) in [5.74, 6) is 0.144. The van der Waals surface area contributed by atoms with Crippen LogP contribution in [0.5, 0.6) is 0 Å². The van der Waals surface area contributed by atoms with Crippen LogP contribution in [0.1, 0.15) is 37.3 Å². The number of carbonyl (C=O) groups excluding carboxylic acids is 1. The van der Waals surface area contributed by atoms with Crippen molar-refractivity contribution >= 4 is 5.78 Å². The van der Waals surface area contributed by atoms with Crippen LogP contribution in [0.4, 0.5) is 0 Å². The first-order valence-corrected chi connectivity index (χ1v) is 5.73. The first-order valence-electron chi connectivity index (χ1n) is 5.73. The first-order chi connectivity index (χ1) is 7.93. The standard InChI is InChI=1S/C12H18N2O3/c1-8(15)6-4-5-7-14-12(17)10(3)9(2)11(16)13-14/h4-7H2,1-3H3,(H,13,16). The van der Waals surface area contributed by atoms with Crippen molar-refractivity contribution in [1.29, 1.82) is 0 Å². The summed E-state index contributed by atoms with van der Waals surface area (Å²) in [5, 5.41) is 2.54. The average molecular weight is 238 g/mol. The van der Waals surface area contributed by atoms with E-state index in [-0.39, 0.29) is 16.9 Å². The number of aromatic amines is 1. The fourth-order valence-corrected chi connectivity index (χ4v) is 1.59. The molecule has 0 atom stereocenters.